The molecule has 0 aromatic carbocycles. The molecule has 0 bridgehead atoms. The van der Waals surface area contributed by atoms with Gasteiger partial charge in [0, 0.05) is 19.7 Å². The standard InChI is InChI=1S/C12H23NO3/c1-10-8-13(6-4-3-5-7-14)9-11(10)12(15)16-2/h10-11,14H,3-9H2,1-2H3. The van der Waals surface area contributed by atoms with Crippen molar-refractivity contribution in [3.8, 4) is 0 Å². The van der Waals surface area contributed by atoms with Gasteiger partial charge in [-0.05, 0) is 31.7 Å². The molecule has 0 spiro atoms. The van der Waals surface area contributed by atoms with Gasteiger partial charge in [0.25, 0.3) is 0 Å². The number of hydrogen-bond donors (Lipinski definition) is 1. The molecule has 1 heterocycles. The van der Waals surface area contributed by atoms with Crippen molar-refractivity contribution in [2.45, 2.75) is 26.2 Å². The highest BCUT2D eigenvalue weighted by atomic mass is 16.5. The molecule has 2 unspecified atom stereocenters. The van der Waals surface area contributed by atoms with E-state index in [2.05, 4.69) is 11.8 Å². The van der Waals surface area contributed by atoms with Gasteiger partial charge in [0.1, 0.15) is 0 Å². The maximum absolute atomic E-state index is 11.5. The zero-order valence-corrected chi connectivity index (χ0v) is 10.3. The molecule has 0 saturated carbocycles. The molecule has 0 aromatic heterocycles. The average molecular weight is 229 g/mol. The number of unbranched alkanes of at least 4 members (excludes halogenated alkanes) is 2. The van der Waals surface area contributed by atoms with E-state index in [1.54, 1.807) is 0 Å². The number of aliphatic hydroxyl groups is 1. The van der Waals surface area contributed by atoms with E-state index in [0.29, 0.717) is 5.92 Å². The minimum absolute atomic E-state index is 0.0443. The molecule has 0 aromatic rings. The van der Waals surface area contributed by atoms with E-state index in [-0.39, 0.29) is 18.5 Å². The van der Waals surface area contributed by atoms with Crippen LogP contribution in [0.4, 0.5) is 0 Å². The molecular formula is C12H23NO3. The van der Waals surface area contributed by atoms with Crippen molar-refractivity contribution in [1.29, 1.82) is 0 Å². The summed E-state index contributed by atoms with van der Waals surface area (Å²) in [5.74, 6) is 0.360. The van der Waals surface area contributed by atoms with Crippen LogP contribution < -0.4 is 0 Å². The first-order chi connectivity index (χ1) is 7.69. The minimum Gasteiger partial charge on any atom is -0.469 e. The van der Waals surface area contributed by atoms with Crippen LogP contribution in [0.3, 0.4) is 0 Å². The number of rotatable bonds is 6. The number of aliphatic hydroxyl groups excluding tert-OH is 1. The fourth-order valence-corrected chi connectivity index (χ4v) is 2.33. The normalized spacial score (nSPS) is 25.9. The molecule has 1 N–H and O–H groups in total. The van der Waals surface area contributed by atoms with Gasteiger partial charge in [0.15, 0.2) is 0 Å². The summed E-state index contributed by atoms with van der Waals surface area (Å²) in [5, 5.41) is 8.67. The van der Waals surface area contributed by atoms with E-state index >= 15 is 0 Å². The third-order valence-corrected chi connectivity index (χ3v) is 3.32. The van der Waals surface area contributed by atoms with Crippen LogP contribution >= 0.6 is 0 Å². The molecule has 1 aliphatic heterocycles. The van der Waals surface area contributed by atoms with Crippen LogP contribution in [0.5, 0.6) is 0 Å². The van der Waals surface area contributed by atoms with Crippen molar-refractivity contribution in [3.05, 3.63) is 0 Å². The summed E-state index contributed by atoms with van der Waals surface area (Å²) < 4.78 is 4.80. The fraction of sp³-hybridized carbons (Fsp3) is 0.917. The first kappa shape index (κ1) is 13.5. The predicted octanol–water partition coefficient (Wildman–Crippen LogP) is 0.890. The maximum Gasteiger partial charge on any atom is 0.310 e. The van der Waals surface area contributed by atoms with Crippen LogP contribution in [0.1, 0.15) is 26.2 Å². The molecule has 94 valence electrons. The zero-order valence-electron chi connectivity index (χ0n) is 10.3. The number of esters is 1. The van der Waals surface area contributed by atoms with E-state index < -0.39 is 0 Å². The highest BCUT2D eigenvalue weighted by molar-refractivity contribution is 5.73. The predicted molar refractivity (Wildman–Crippen MR) is 62.0 cm³/mol. The van der Waals surface area contributed by atoms with Crippen molar-refractivity contribution in [1.82, 2.24) is 4.90 Å². The molecule has 1 saturated heterocycles. The van der Waals surface area contributed by atoms with Crippen molar-refractivity contribution < 1.29 is 14.6 Å². The van der Waals surface area contributed by atoms with Gasteiger partial charge in [0.2, 0.25) is 0 Å². The summed E-state index contributed by atoms with van der Waals surface area (Å²) in [5.41, 5.74) is 0. The van der Waals surface area contributed by atoms with Crippen LogP contribution in [0.25, 0.3) is 0 Å². The lowest BCUT2D eigenvalue weighted by molar-refractivity contribution is -0.146. The summed E-state index contributed by atoms with van der Waals surface area (Å²) in [6.07, 6.45) is 3.04. The van der Waals surface area contributed by atoms with Crippen LogP contribution in [-0.4, -0.2) is 49.3 Å². The van der Waals surface area contributed by atoms with E-state index in [4.69, 9.17) is 9.84 Å². The van der Waals surface area contributed by atoms with E-state index in [1.807, 2.05) is 0 Å². The number of hydrogen-bond acceptors (Lipinski definition) is 4. The van der Waals surface area contributed by atoms with Crippen LogP contribution in [-0.2, 0) is 9.53 Å². The monoisotopic (exact) mass is 229 g/mol. The third kappa shape index (κ3) is 3.76. The molecule has 4 heteroatoms. The van der Waals surface area contributed by atoms with Gasteiger partial charge in [-0.1, -0.05) is 6.92 Å². The Morgan fingerprint density at radius 1 is 1.38 bits per heavy atom. The van der Waals surface area contributed by atoms with Crippen LogP contribution in [0.2, 0.25) is 0 Å². The molecule has 0 amide bonds. The van der Waals surface area contributed by atoms with Gasteiger partial charge in [-0.2, -0.15) is 0 Å². The molecule has 2 atom stereocenters. The average Bonchev–Trinajstić information content (AvgIpc) is 2.65. The van der Waals surface area contributed by atoms with Crippen molar-refractivity contribution in [2.75, 3.05) is 33.4 Å². The van der Waals surface area contributed by atoms with Crippen molar-refractivity contribution in [3.63, 3.8) is 0 Å². The second-order valence-electron chi connectivity index (χ2n) is 4.65. The second-order valence-corrected chi connectivity index (χ2v) is 4.65. The highest BCUT2D eigenvalue weighted by Crippen LogP contribution is 2.24. The Bertz CT molecular complexity index is 220. The Balaban J connectivity index is 2.24. The summed E-state index contributed by atoms with van der Waals surface area (Å²) in [4.78, 5) is 13.8. The summed E-state index contributed by atoms with van der Waals surface area (Å²) in [7, 11) is 1.46. The molecule has 1 rings (SSSR count). The Morgan fingerprint density at radius 2 is 2.12 bits per heavy atom. The summed E-state index contributed by atoms with van der Waals surface area (Å²) in [6, 6.07) is 0. The largest absolute Gasteiger partial charge is 0.469 e. The Hall–Kier alpha value is -0.610. The van der Waals surface area contributed by atoms with Gasteiger partial charge in [-0.25, -0.2) is 0 Å². The fourth-order valence-electron chi connectivity index (χ4n) is 2.33. The second kappa shape index (κ2) is 6.86. The van der Waals surface area contributed by atoms with E-state index in [0.717, 1.165) is 38.9 Å². The number of carbonyl (C=O) groups is 1. The van der Waals surface area contributed by atoms with Gasteiger partial charge < -0.3 is 14.7 Å². The minimum atomic E-state index is -0.0784. The Labute approximate surface area is 97.6 Å². The number of likely N-dealkylation sites (tertiary alicyclic amines) is 1. The molecule has 16 heavy (non-hydrogen) atoms. The maximum atomic E-state index is 11.5. The van der Waals surface area contributed by atoms with Crippen LogP contribution in [0, 0.1) is 11.8 Å². The molecule has 0 aliphatic carbocycles. The third-order valence-electron chi connectivity index (χ3n) is 3.32. The topological polar surface area (TPSA) is 49.8 Å². The molecule has 1 fully saturated rings. The Kier molecular flexibility index (Phi) is 5.77. The quantitative estimate of drug-likeness (QED) is 0.543. The molecule has 1 aliphatic rings. The number of carbonyl (C=O) groups excluding carboxylic acids is 1. The van der Waals surface area contributed by atoms with Crippen molar-refractivity contribution in [2.24, 2.45) is 11.8 Å². The lowest BCUT2D eigenvalue weighted by Crippen LogP contribution is -2.25. The van der Waals surface area contributed by atoms with Gasteiger partial charge >= 0.3 is 5.97 Å². The van der Waals surface area contributed by atoms with E-state index in [9.17, 15) is 4.79 Å². The number of methoxy groups -OCH3 is 1. The molecule has 4 nitrogen and oxygen atoms in total. The number of nitrogens with zero attached hydrogens (tertiary/aromatic N) is 1. The first-order valence-electron chi connectivity index (χ1n) is 6.10. The zero-order chi connectivity index (χ0) is 12.0. The van der Waals surface area contributed by atoms with Gasteiger partial charge in [0.05, 0.1) is 13.0 Å². The van der Waals surface area contributed by atoms with E-state index in [1.165, 1.54) is 7.11 Å². The van der Waals surface area contributed by atoms with Crippen molar-refractivity contribution >= 4 is 5.97 Å². The highest BCUT2D eigenvalue weighted by Gasteiger charge is 2.34. The first-order valence-corrected chi connectivity index (χ1v) is 6.10. The molecule has 0 radical (unpaired) electrons. The molecular weight excluding hydrogens is 206 g/mol. The van der Waals surface area contributed by atoms with Gasteiger partial charge in [-0.3, -0.25) is 4.79 Å². The van der Waals surface area contributed by atoms with Gasteiger partial charge in [-0.15, -0.1) is 0 Å². The van der Waals surface area contributed by atoms with Crippen LogP contribution in [0.15, 0.2) is 0 Å². The summed E-state index contributed by atoms with van der Waals surface area (Å²) in [6.45, 7) is 5.22. The lowest BCUT2D eigenvalue weighted by Gasteiger charge is -2.14. The SMILES string of the molecule is COC(=O)C1CN(CCCCCO)CC1C. The Morgan fingerprint density at radius 3 is 2.75 bits per heavy atom. The number of ether oxygens (including phenoxy) is 1. The lowest BCUT2D eigenvalue weighted by atomic mass is 9.99. The smallest absolute Gasteiger partial charge is 0.310 e. The summed E-state index contributed by atoms with van der Waals surface area (Å²) >= 11 is 0.